The smallest absolute Gasteiger partial charge is 0.191 e. The van der Waals surface area contributed by atoms with E-state index in [2.05, 4.69) is 29.5 Å². The van der Waals surface area contributed by atoms with Crippen molar-refractivity contribution >= 4 is 5.96 Å². The molecule has 0 aliphatic carbocycles. The lowest BCUT2D eigenvalue weighted by Crippen LogP contribution is -2.47. The minimum absolute atomic E-state index is 0.205. The molecule has 3 nitrogen and oxygen atoms in total. The van der Waals surface area contributed by atoms with Crippen LogP contribution >= 0.6 is 0 Å². The van der Waals surface area contributed by atoms with Crippen molar-refractivity contribution in [2.45, 2.75) is 20.4 Å². The Labute approximate surface area is 101 Å². The van der Waals surface area contributed by atoms with E-state index in [1.165, 1.54) is 12.1 Å². The van der Waals surface area contributed by atoms with Gasteiger partial charge in [-0.2, -0.15) is 0 Å². The minimum atomic E-state index is -0.205. The predicted octanol–water partition coefficient (Wildman–Crippen LogP) is 1.90. The summed E-state index contributed by atoms with van der Waals surface area (Å²) in [6.07, 6.45) is 0. The normalized spacial score (nSPS) is 18.2. The number of nitrogens with one attached hydrogen (secondary N) is 2. The minimum Gasteiger partial charge on any atom is -0.356 e. The lowest BCUT2D eigenvalue weighted by Gasteiger charge is -2.29. The van der Waals surface area contributed by atoms with Gasteiger partial charge in [0.25, 0.3) is 0 Å². The second kappa shape index (κ2) is 4.73. The van der Waals surface area contributed by atoms with Crippen LogP contribution in [0, 0.1) is 11.2 Å². The van der Waals surface area contributed by atoms with E-state index in [1.54, 1.807) is 12.1 Å². The lowest BCUT2D eigenvalue weighted by atomic mass is 9.93. The first-order valence-corrected chi connectivity index (χ1v) is 5.82. The zero-order valence-corrected chi connectivity index (χ0v) is 10.3. The lowest BCUT2D eigenvalue weighted by molar-refractivity contribution is 0.358. The average molecular weight is 235 g/mol. The number of rotatable bonds is 2. The summed E-state index contributed by atoms with van der Waals surface area (Å²) in [6, 6.07) is 6.48. The van der Waals surface area contributed by atoms with Crippen molar-refractivity contribution in [1.29, 1.82) is 0 Å². The Kier molecular flexibility index (Phi) is 3.31. The highest BCUT2D eigenvalue weighted by molar-refractivity contribution is 5.80. The molecule has 1 aromatic carbocycles. The van der Waals surface area contributed by atoms with E-state index in [1.807, 2.05) is 0 Å². The van der Waals surface area contributed by atoms with Gasteiger partial charge >= 0.3 is 0 Å². The molecule has 2 N–H and O–H groups in total. The van der Waals surface area contributed by atoms with Crippen LogP contribution in [0.25, 0.3) is 0 Å². The van der Waals surface area contributed by atoms with Crippen molar-refractivity contribution in [1.82, 2.24) is 10.6 Å². The molecule has 1 aliphatic heterocycles. The van der Waals surface area contributed by atoms with Crippen molar-refractivity contribution in [2.24, 2.45) is 10.4 Å². The Morgan fingerprint density at radius 3 is 2.65 bits per heavy atom. The van der Waals surface area contributed by atoms with Gasteiger partial charge in [0.05, 0.1) is 0 Å². The molecule has 0 bridgehead atoms. The molecular weight excluding hydrogens is 217 g/mol. The Balaban J connectivity index is 1.87. The van der Waals surface area contributed by atoms with Crippen LogP contribution in [0.2, 0.25) is 0 Å². The molecular formula is C13H18FN3. The quantitative estimate of drug-likeness (QED) is 0.821. The molecule has 92 valence electrons. The molecule has 0 saturated carbocycles. The maximum absolute atomic E-state index is 12.7. The highest BCUT2D eigenvalue weighted by Crippen LogP contribution is 2.16. The standard InChI is InChI=1S/C13H18FN3/c1-13(2)8-16-12(17-9-13)15-7-10-3-5-11(14)6-4-10/h3-6H,7-9H2,1-2H3,(H2,15,16,17). The number of hydrogen-bond donors (Lipinski definition) is 2. The van der Waals surface area contributed by atoms with Crippen LogP contribution in [-0.2, 0) is 6.54 Å². The van der Waals surface area contributed by atoms with Gasteiger partial charge in [0.1, 0.15) is 5.82 Å². The molecule has 0 radical (unpaired) electrons. The molecule has 4 heteroatoms. The number of aliphatic imine (C=N–C) groups is 1. The Bertz CT molecular complexity index is 409. The van der Waals surface area contributed by atoms with Crippen LogP contribution in [0.3, 0.4) is 0 Å². The molecule has 0 unspecified atom stereocenters. The van der Waals surface area contributed by atoms with E-state index in [0.29, 0.717) is 6.54 Å². The van der Waals surface area contributed by atoms with E-state index < -0.39 is 0 Å². The summed E-state index contributed by atoms with van der Waals surface area (Å²) < 4.78 is 12.7. The first-order chi connectivity index (χ1) is 8.05. The monoisotopic (exact) mass is 235 g/mol. The molecule has 17 heavy (non-hydrogen) atoms. The van der Waals surface area contributed by atoms with E-state index >= 15 is 0 Å². The van der Waals surface area contributed by atoms with Crippen molar-refractivity contribution in [2.75, 3.05) is 13.1 Å². The van der Waals surface area contributed by atoms with Crippen molar-refractivity contribution in [3.63, 3.8) is 0 Å². The largest absolute Gasteiger partial charge is 0.356 e. The van der Waals surface area contributed by atoms with E-state index in [9.17, 15) is 4.39 Å². The van der Waals surface area contributed by atoms with E-state index in [-0.39, 0.29) is 11.2 Å². The molecule has 0 atom stereocenters. The van der Waals surface area contributed by atoms with Crippen LogP contribution in [0.5, 0.6) is 0 Å². The highest BCUT2D eigenvalue weighted by Gasteiger charge is 2.21. The van der Waals surface area contributed by atoms with Crippen molar-refractivity contribution in [3.05, 3.63) is 35.6 Å². The summed E-state index contributed by atoms with van der Waals surface area (Å²) >= 11 is 0. The molecule has 0 fully saturated rings. The van der Waals surface area contributed by atoms with Crippen LogP contribution in [-0.4, -0.2) is 19.0 Å². The molecule has 1 aromatic rings. The molecule has 2 rings (SSSR count). The zero-order valence-electron chi connectivity index (χ0n) is 10.3. The van der Waals surface area contributed by atoms with Gasteiger partial charge in [0, 0.05) is 25.0 Å². The SMILES string of the molecule is CC1(C)CN=C(NCc2ccc(F)cc2)NC1. The van der Waals surface area contributed by atoms with Crippen LogP contribution < -0.4 is 10.6 Å². The second-order valence-corrected chi connectivity index (χ2v) is 5.16. The zero-order chi connectivity index (χ0) is 12.3. The first kappa shape index (κ1) is 11.9. The molecule has 1 aliphatic rings. The van der Waals surface area contributed by atoms with Crippen LogP contribution in [0.15, 0.2) is 29.3 Å². The van der Waals surface area contributed by atoms with Gasteiger partial charge in [-0.1, -0.05) is 26.0 Å². The fourth-order valence-electron chi connectivity index (χ4n) is 1.63. The predicted molar refractivity (Wildman–Crippen MR) is 67.3 cm³/mol. The third-order valence-corrected chi connectivity index (χ3v) is 2.77. The van der Waals surface area contributed by atoms with Gasteiger partial charge in [-0.25, -0.2) is 4.39 Å². The molecule has 0 amide bonds. The van der Waals surface area contributed by atoms with Gasteiger partial charge in [0.15, 0.2) is 5.96 Å². The van der Waals surface area contributed by atoms with Gasteiger partial charge in [-0.3, -0.25) is 4.99 Å². The van der Waals surface area contributed by atoms with E-state index in [4.69, 9.17) is 0 Å². The maximum Gasteiger partial charge on any atom is 0.191 e. The van der Waals surface area contributed by atoms with Crippen molar-refractivity contribution in [3.8, 4) is 0 Å². The molecule has 1 heterocycles. The van der Waals surface area contributed by atoms with Crippen LogP contribution in [0.4, 0.5) is 4.39 Å². The summed E-state index contributed by atoms with van der Waals surface area (Å²) in [4.78, 5) is 4.44. The average Bonchev–Trinajstić information content (AvgIpc) is 2.30. The number of guanidine groups is 1. The molecule has 0 saturated heterocycles. The van der Waals surface area contributed by atoms with Gasteiger partial charge in [0.2, 0.25) is 0 Å². The third-order valence-electron chi connectivity index (χ3n) is 2.77. The van der Waals surface area contributed by atoms with Crippen LogP contribution in [0.1, 0.15) is 19.4 Å². The highest BCUT2D eigenvalue weighted by atomic mass is 19.1. The first-order valence-electron chi connectivity index (χ1n) is 5.82. The summed E-state index contributed by atoms with van der Waals surface area (Å²) in [5.41, 5.74) is 1.27. The van der Waals surface area contributed by atoms with Gasteiger partial charge in [-0.15, -0.1) is 0 Å². The van der Waals surface area contributed by atoms with Crippen molar-refractivity contribution < 1.29 is 4.39 Å². The fourth-order valence-corrected chi connectivity index (χ4v) is 1.63. The summed E-state index contributed by atoms with van der Waals surface area (Å²) in [5.74, 6) is 0.622. The number of nitrogens with zero attached hydrogens (tertiary/aromatic N) is 1. The Hall–Kier alpha value is -1.58. The molecule has 0 spiro atoms. The summed E-state index contributed by atoms with van der Waals surface area (Å²) in [5, 5.41) is 6.47. The van der Waals surface area contributed by atoms with E-state index in [0.717, 1.165) is 24.6 Å². The second-order valence-electron chi connectivity index (χ2n) is 5.16. The molecule has 0 aromatic heterocycles. The number of benzene rings is 1. The Morgan fingerprint density at radius 1 is 1.35 bits per heavy atom. The Morgan fingerprint density at radius 2 is 2.06 bits per heavy atom. The topological polar surface area (TPSA) is 36.4 Å². The third kappa shape index (κ3) is 3.44. The fraction of sp³-hybridized carbons (Fsp3) is 0.462. The number of hydrogen-bond acceptors (Lipinski definition) is 3. The number of halogens is 1. The summed E-state index contributed by atoms with van der Waals surface area (Å²) in [6.45, 7) is 6.76. The van der Waals surface area contributed by atoms with Gasteiger partial charge in [-0.05, 0) is 17.7 Å². The maximum atomic E-state index is 12.7. The van der Waals surface area contributed by atoms with Gasteiger partial charge < -0.3 is 10.6 Å². The summed E-state index contributed by atoms with van der Waals surface area (Å²) in [7, 11) is 0.